The lowest BCUT2D eigenvalue weighted by Crippen LogP contribution is -2.41. The summed E-state index contributed by atoms with van der Waals surface area (Å²) >= 11 is 1.65. The van der Waals surface area contributed by atoms with Crippen LogP contribution in [0.2, 0.25) is 0 Å². The molecule has 0 unspecified atom stereocenters. The van der Waals surface area contributed by atoms with Gasteiger partial charge in [0.25, 0.3) is 0 Å². The molecule has 0 bridgehead atoms. The van der Waals surface area contributed by atoms with Gasteiger partial charge in [-0.2, -0.15) is 0 Å². The summed E-state index contributed by atoms with van der Waals surface area (Å²) in [6.45, 7) is 6.23. The van der Waals surface area contributed by atoms with Crippen molar-refractivity contribution < 1.29 is 4.79 Å². The van der Waals surface area contributed by atoms with Crippen LogP contribution in [0.5, 0.6) is 0 Å². The van der Waals surface area contributed by atoms with Gasteiger partial charge in [0.15, 0.2) is 0 Å². The second kappa shape index (κ2) is 9.34. The van der Waals surface area contributed by atoms with E-state index in [4.69, 9.17) is 4.98 Å². The molecule has 0 aliphatic carbocycles. The van der Waals surface area contributed by atoms with E-state index in [1.807, 2.05) is 38.1 Å². The molecular weight excluding hydrogens is 394 g/mol. The monoisotopic (exact) mass is 421 g/mol. The number of piperidine rings is 1. The number of anilines is 1. The first-order chi connectivity index (χ1) is 14.6. The molecule has 1 aliphatic heterocycles. The van der Waals surface area contributed by atoms with Crippen molar-refractivity contribution in [3.8, 4) is 11.3 Å². The van der Waals surface area contributed by atoms with Gasteiger partial charge in [0.2, 0.25) is 11.9 Å². The Bertz CT molecular complexity index is 976. The van der Waals surface area contributed by atoms with Crippen molar-refractivity contribution in [3.63, 3.8) is 0 Å². The summed E-state index contributed by atoms with van der Waals surface area (Å²) in [5, 5.41) is 6.23. The van der Waals surface area contributed by atoms with Crippen LogP contribution in [0.25, 0.3) is 11.3 Å². The van der Waals surface area contributed by atoms with Gasteiger partial charge in [0.05, 0.1) is 10.7 Å². The number of thiazole rings is 1. The number of aryl methyl sites for hydroxylation is 2. The Morgan fingerprint density at radius 3 is 2.50 bits per heavy atom. The molecule has 0 saturated carbocycles. The third-order valence-corrected chi connectivity index (χ3v) is 6.29. The van der Waals surface area contributed by atoms with E-state index in [2.05, 4.69) is 37.7 Å². The number of nitrogens with zero attached hydrogens (tertiary/aromatic N) is 4. The number of carbonyl (C=O) groups excluding carboxylic acids is 1. The predicted octanol–water partition coefficient (Wildman–Crippen LogP) is 3.79. The molecule has 0 spiro atoms. The van der Waals surface area contributed by atoms with E-state index in [9.17, 15) is 4.79 Å². The Morgan fingerprint density at radius 2 is 1.80 bits per heavy atom. The van der Waals surface area contributed by atoms with Crippen LogP contribution in [0.3, 0.4) is 0 Å². The molecule has 3 aromatic rings. The topological polar surface area (TPSA) is 71.0 Å². The summed E-state index contributed by atoms with van der Waals surface area (Å²) in [6, 6.07) is 12.2. The van der Waals surface area contributed by atoms with Crippen LogP contribution >= 0.6 is 11.3 Å². The third kappa shape index (κ3) is 5.02. The average molecular weight is 422 g/mol. The van der Waals surface area contributed by atoms with E-state index >= 15 is 0 Å². The minimum atomic E-state index is 0.0586. The summed E-state index contributed by atoms with van der Waals surface area (Å²) in [5.74, 6) is 0.989. The van der Waals surface area contributed by atoms with E-state index in [0.717, 1.165) is 66.0 Å². The minimum Gasteiger partial charge on any atom is -0.355 e. The molecule has 1 fully saturated rings. The van der Waals surface area contributed by atoms with E-state index in [-0.39, 0.29) is 11.8 Å². The number of nitrogens with one attached hydrogen (secondary N) is 1. The van der Waals surface area contributed by atoms with Crippen LogP contribution in [-0.4, -0.2) is 40.5 Å². The van der Waals surface area contributed by atoms with Crippen molar-refractivity contribution in [1.29, 1.82) is 0 Å². The number of rotatable bonds is 6. The quantitative estimate of drug-likeness (QED) is 0.656. The van der Waals surface area contributed by atoms with E-state index in [0.29, 0.717) is 6.54 Å². The highest BCUT2D eigenvalue weighted by Crippen LogP contribution is 2.23. The van der Waals surface area contributed by atoms with Crippen molar-refractivity contribution >= 4 is 23.2 Å². The maximum atomic E-state index is 12.6. The van der Waals surface area contributed by atoms with Crippen molar-refractivity contribution in [1.82, 2.24) is 20.3 Å². The molecule has 6 nitrogen and oxygen atoms in total. The molecule has 1 aliphatic rings. The summed E-state index contributed by atoms with van der Waals surface area (Å²) < 4.78 is 0. The second-order valence-corrected chi connectivity index (χ2v) is 8.69. The van der Waals surface area contributed by atoms with Crippen LogP contribution in [0.15, 0.2) is 41.8 Å². The van der Waals surface area contributed by atoms with E-state index < -0.39 is 0 Å². The number of aromatic nitrogens is 3. The van der Waals surface area contributed by atoms with Gasteiger partial charge >= 0.3 is 0 Å². The van der Waals surface area contributed by atoms with Crippen LogP contribution < -0.4 is 10.2 Å². The van der Waals surface area contributed by atoms with Gasteiger partial charge in [-0.25, -0.2) is 15.0 Å². The van der Waals surface area contributed by atoms with Crippen LogP contribution in [0.4, 0.5) is 5.95 Å². The fraction of sp³-hybridized carbons (Fsp3) is 0.391. The number of carbonyl (C=O) groups is 1. The lowest BCUT2D eigenvalue weighted by atomic mass is 9.96. The number of benzene rings is 1. The first-order valence-electron chi connectivity index (χ1n) is 10.4. The van der Waals surface area contributed by atoms with Gasteiger partial charge in [-0.1, -0.05) is 30.3 Å². The Hall–Kier alpha value is -2.80. The Morgan fingerprint density at radius 1 is 1.10 bits per heavy atom. The molecule has 30 heavy (non-hydrogen) atoms. The molecule has 1 saturated heterocycles. The number of amides is 1. The summed E-state index contributed by atoms with van der Waals surface area (Å²) in [6.07, 6.45) is 2.42. The largest absolute Gasteiger partial charge is 0.355 e. The zero-order valence-corrected chi connectivity index (χ0v) is 18.3. The van der Waals surface area contributed by atoms with Crippen molar-refractivity contribution in [2.75, 3.05) is 24.5 Å². The fourth-order valence-electron chi connectivity index (χ4n) is 3.79. The Balaban J connectivity index is 1.23. The molecule has 156 valence electrons. The molecular formula is C23H27N5OS. The predicted molar refractivity (Wildman–Crippen MR) is 121 cm³/mol. The molecule has 0 atom stereocenters. The number of hydrogen-bond acceptors (Lipinski definition) is 6. The Labute approximate surface area is 181 Å². The fourth-order valence-corrected chi connectivity index (χ4v) is 4.60. The first kappa shape index (κ1) is 20.5. The van der Waals surface area contributed by atoms with E-state index in [1.165, 1.54) is 0 Å². The molecule has 3 heterocycles. The Kier molecular flexibility index (Phi) is 6.38. The molecule has 7 heteroatoms. The molecule has 1 amide bonds. The first-order valence-corrected chi connectivity index (χ1v) is 11.3. The molecule has 1 N–H and O–H groups in total. The lowest BCUT2D eigenvalue weighted by molar-refractivity contribution is -0.125. The maximum Gasteiger partial charge on any atom is 0.225 e. The van der Waals surface area contributed by atoms with Gasteiger partial charge < -0.3 is 10.2 Å². The molecule has 1 aromatic carbocycles. The van der Waals surface area contributed by atoms with Crippen molar-refractivity contribution in [3.05, 3.63) is 58.2 Å². The van der Waals surface area contributed by atoms with Crippen LogP contribution in [0, 0.1) is 19.8 Å². The minimum absolute atomic E-state index is 0.0586. The maximum absolute atomic E-state index is 12.6. The second-order valence-electron chi connectivity index (χ2n) is 7.75. The van der Waals surface area contributed by atoms with Gasteiger partial charge in [-0.05, 0) is 32.8 Å². The molecule has 0 radical (unpaired) electrons. The van der Waals surface area contributed by atoms with E-state index in [1.54, 1.807) is 11.3 Å². The summed E-state index contributed by atoms with van der Waals surface area (Å²) in [4.78, 5) is 28.6. The average Bonchev–Trinajstić information content (AvgIpc) is 3.23. The lowest BCUT2D eigenvalue weighted by Gasteiger charge is -2.31. The molecule has 2 aromatic heterocycles. The SMILES string of the molecule is Cc1cc(C)nc(N2CCC(C(=O)NCCc3nc(-c4ccccc4)cs3)CC2)n1. The zero-order valence-electron chi connectivity index (χ0n) is 17.5. The highest BCUT2D eigenvalue weighted by Gasteiger charge is 2.26. The third-order valence-electron chi connectivity index (χ3n) is 5.38. The van der Waals surface area contributed by atoms with Crippen molar-refractivity contribution in [2.45, 2.75) is 33.1 Å². The van der Waals surface area contributed by atoms with Crippen molar-refractivity contribution in [2.24, 2.45) is 5.92 Å². The highest BCUT2D eigenvalue weighted by molar-refractivity contribution is 7.09. The smallest absolute Gasteiger partial charge is 0.225 e. The van der Waals surface area contributed by atoms with Gasteiger partial charge in [0, 0.05) is 54.3 Å². The van der Waals surface area contributed by atoms with Crippen LogP contribution in [0.1, 0.15) is 29.2 Å². The standard InChI is InChI=1S/C23H27N5OS/c1-16-14-17(2)26-23(25-16)28-12-9-19(10-13-28)22(29)24-11-8-21-27-20(15-30-21)18-6-4-3-5-7-18/h3-7,14-15,19H,8-13H2,1-2H3,(H,24,29). The van der Waals surface area contributed by atoms with Gasteiger partial charge in [0.1, 0.15) is 0 Å². The van der Waals surface area contributed by atoms with Gasteiger partial charge in [-0.15, -0.1) is 11.3 Å². The normalized spacial score (nSPS) is 14.7. The molecule has 4 rings (SSSR count). The van der Waals surface area contributed by atoms with Crippen LogP contribution in [-0.2, 0) is 11.2 Å². The summed E-state index contributed by atoms with van der Waals surface area (Å²) in [5.41, 5.74) is 4.09. The number of hydrogen-bond donors (Lipinski definition) is 1. The summed E-state index contributed by atoms with van der Waals surface area (Å²) in [7, 11) is 0. The zero-order chi connectivity index (χ0) is 20.9. The highest BCUT2D eigenvalue weighted by atomic mass is 32.1. The van der Waals surface area contributed by atoms with Gasteiger partial charge in [-0.3, -0.25) is 4.79 Å².